The summed E-state index contributed by atoms with van der Waals surface area (Å²) in [4.78, 5) is 2.40. The van der Waals surface area contributed by atoms with Crippen molar-refractivity contribution in [3.05, 3.63) is 33.8 Å². The summed E-state index contributed by atoms with van der Waals surface area (Å²) in [5, 5.41) is 4.90. The van der Waals surface area contributed by atoms with Crippen LogP contribution in [0.1, 0.15) is 31.4 Å². The summed E-state index contributed by atoms with van der Waals surface area (Å²) in [6.45, 7) is 5.61. The summed E-state index contributed by atoms with van der Waals surface area (Å²) in [7, 11) is 2.19. The Bertz CT molecular complexity index is 415. The molecule has 1 aliphatic heterocycles. The van der Waals surface area contributed by atoms with E-state index in [4.69, 9.17) is 23.2 Å². The van der Waals surface area contributed by atoms with Crippen molar-refractivity contribution in [3.8, 4) is 0 Å². The molecule has 0 spiro atoms. The maximum Gasteiger partial charge on any atom is 0.0639 e. The zero-order valence-corrected chi connectivity index (χ0v) is 13.1. The van der Waals surface area contributed by atoms with Gasteiger partial charge in [0.2, 0.25) is 0 Å². The molecule has 1 heterocycles. The molecule has 2 nitrogen and oxygen atoms in total. The summed E-state index contributed by atoms with van der Waals surface area (Å²) in [6, 6.07) is 6.07. The van der Waals surface area contributed by atoms with Crippen LogP contribution in [0, 0.1) is 5.92 Å². The predicted octanol–water partition coefficient (Wildman–Crippen LogP) is 3.99. The molecule has 0 amide bonds. The second-order valence-corrected chi connectivity index (χ2v) is 6.30. The maximum absolute atomic E-state index is 6.25. The second kappa shape index (κ2) is 6.94. The summed E-state index contributed by atoms with van der Waals surface area (Å²) in [5.74, 6) is 0.775. The molecule has 0 aliphatic carbocycles. The molecule has 0 aromatic heterocycles. The average molecular weight is 301 g/mol. The quantitative estimate of drug-likeness (QED) is 0.904. The molecule has 19 heavy (non-hydrogen) atoms. The molecule has 1 saturated heterocycles. The van der Waals surface area contributed by atoms with Crippen LogP contribution in [0.5, 0.6) is 0 Å². The largest absolute Gasteiger partial charge is 0.310 e. The van der Waals surface area contributed by atoms with Crippen LogP contribution in [0.3, 0.4) is 0 Å². The first-order valence-corrected chi connectivity index (χ1v) is 7.69. The first kappa shape index (κ1) is 15.1. The third kappa shape index (κ3) is 4.09. The Morgan fingerprint density at radius 2 is 2.00 bits per heavy atom. The molecule has 1 unspecified atom stereocenters. The van der Waals surface area contributed by atoms with E-state index in [1.165, 1.54) is 25.9 Å². The molecule has 1 N–H and O–H groups in total. The minimum absolute atomic E-state index is 0.242. The van der Waals surface area contributed by atoms with E-state index in [1.807, 2.05) is 18.2 Å². The van der Waals surface area contributed by atoms with Gasteiger partial charge in [-0.2, -0.15) is 0 Å². The van der Waals surface area contributed by atoms with E-state index in [9.17, 15) is 0 Å². The van der Waals surface area contributed by atoms with E-state index in [-0.39, 0.29) is 6.04 Å². The number of nitrogens with zero attached hydrogens (tertiary/aromatic N) is 1. The fourth-order valence-electron chi connectivity index (χ4n) is 2.57. The van der Waals surface area contributed by atoms with Crippen molar-refractivity contribution in [3.63, 3.8) is 0 Å². The van der Waals surface area contributed by atoms with Gasteiger partial charge in [0.1, 0.15) is 0 Å². The normalized spacial score (nSPS) is 19.6. The molecular formula is C15H22Cl2N2. The van der Waals surface area contributed by atoms with Crippen molar-refractivity contribution in [2.45, 2.75) is 25.8 Å². The van der Waals surface area contributed by atoms with E-state index in [2.05, 4.69) is 24.2 Å². The SMILES string of the molecule is CC(NCC1CCN(C)CC1)c1cccc(Cl)c1Cl. The van der Waals surface area contributed by atoms with Crippen LogP contribution in [-0.4, -0.2) is 31.6 Å². The maximum atomic E-state index is 6.25. The van der Waals surface area contributed by atoms with E-state index in [0.717, 1.165) is 18.0 Å². The highest BCUT2D eigenvalue weighted by Gasteiger charge is 2.18. The fraction of sp³-hybridized carbons (Fsp3) is 0.600. The van der Waals surface area contributed by atoms with Gasteiger partial charge in [-0.25, -0.2) is 0 Å². The highest BCUT2D eigenvalue weighted by molar-refractivity contribution is 6.42. The smallest absolute Gasteiger partial charge is 0.0639 e. The fourth-order valence-corrected chi connectivity index (χ4v) is 3.05. The number of halogens is 2. The van der Waals surface area contributed by atoms with Crippen LogP contribution in [0.25, 0.3) is 0 Å². The topological polar surface area (TPSA) is 15.3 Å². The zero-order valence-electron chi connectivity index (χ0n) is 11.6. The molecule has 106 valence electrons. The van der Waals surface area contributed by atoms with E-state index in [0.29, 0.717) is 10.0 Å². The van der Waals surface area contributed by atoms with Gasteiger partial charge >= 0.3 is 0 Å². The van der Waals surface area contributed by atoms with E-state index in [1.54, 1.807) is 0 Å². The first-order valence-electron chi connectivity index (χ1n) is 6.93. The highest BCUT2D eigenvalue weighted by atomic mass is 35.5. The van der Waals surface area contributed by atoms with Crippen molar-refractivity contribution in [2.24, 2.45) is 5.92 Å². The molecular weight excluding hydrogens is 279 g/mol. The molecule has 1 aromatic carbocycles. The van der Waals surface area contributed by atoms with Gasteiger partial charge in [-0.05, 0) is 64.0 Å². The lowest BCUT2D eigenvalue weighted by Gasteiger charge is -2.30. The summed E-state index contributed by atoms with van der Waals surface area (Å²) < 4.78 is 0. The molecule has 2 rings (SSSR count). The van der Waals surface area contributed by atoms with Crippen LogP contribution < -0.4 is 5.32 Å². The van der Waals surface area contributed by atoms with Crippen molar-refractivity contribution in [1.29, 1.82) is 0 Å². The molecule has 4 heteroatoms. The van der Waals surface area contributed by atoms with Crippen LogP contribution in [-0.2, 0) is 0 Å². The second-order valence-electron chi connectivity index (χ2n) is 5.52. The first-order chi connectivity index (χ1) is 9.08. The zero-order chi connectivity index (χ0) is 13.8. The Kier molecular flexibility index (Phi) is 5.52. The number of hydrogen-bond donors (Lipinski definition) is 1. The van der Waals surface area contributed by atoms with Gasteiger partial charge in [-0.15, -0.1) is 0 Å². The number of likely N-dealkylation sites (tertiary alicyclic amines) is 1. The highest BCUT2D eigenvalue weighted by Crippen LogP contribution is 2.30. The standard InChI is InChI=1S/C15H22Cl2N2/c1-11(13-4-3-5-14(16)15(13)17)18-10-12-6-8-19(2)9-7-12/h3-5,11-12,18H,6-10H2,1-2H3. The van der Waals surface area contributed by atoms with E-state index < -0.39 is 0 Å². The Balaban J connectivity index is 1.87. The Morgan fingerprint density at radius 3 is 2.68 bits per heavy atom. The minimum Gasteiger partial charge on any atom is -0.310 e. The van der Waals surface area contributed by atoms with Gasteiger partial charge in [0.15, 0.2) is 0 Å². The van der Waals surface area contributed by atoms with Crippen LogP contribution in [0.2, 0.25) is 10.0 Å². The number of piperidine rings is 1. The predicted molar refractivity (Wildman–Crippen MR) is 83.1 cm³/mol. The number of benzene rings is 1. The third-order valence-electron chi connectivity index (χ3n) is 4.00. The molecule has 1 aromatic rings. The summed E-state index contributed by atoms with van der Waals surface area (Å²) >= 11 is 12.3. The average Bonchev–Trinajstić information content (AvgIpc) is 2.41. The van der Waals surface area contributed by atoms with E-state index >= 15 is 0 Å². The molecule has 0 radical (unpaired) electrons. The minimum atomic E-state index is 0.242. The van der Waals surface area contributed by atoms with Crippen molar-refractivity contribution < 1.29 is 0 Å². The number of hydrogen-bond acceptors (Lipinski definition) is 2. The van der Waals surface area contributed by atoms with Crippen molar-refractivity contribution in [2.75, 3.05) is 26.7 Å². The van der Waals surface area contributed by atoms with Gasteiger partial charge in [-0.3, -0.25) is 0 Å². The molecule has 0 saturated carbocycles. The van der Waals surface area contributed by atoms with Gasteiger partial charge in [0.05, 0.1) is 10.0 Å². The number of nitrogens with one attached hydrogen (secondary N) is 1. The van der Waals surface area contributed by atoms with Crippen LogP contribution in [0.15, 0.2) is 18.2 Å². The monoisotopic (exact) mass is 300 g/mol. The molecule has 1 aliphatic rings. The van der Waals surface area contributed by atoms with Gasteiger partial charge < -0.3 is 10.2 Å². The molecule has 1 fully saturated rings. The van der Waals surface area contributed by atoms with Crippen LogP contribution >= 0.6 is 23.2 Å². The van der Waals surface area contributed by atoms with Crippen molar-refractivity contribution in [1.82, 2.24) is 10.2 Å². The molecule has 0 bridgehead atoms. The third-order valence-corrected chi connectivity index (χ3v) is 4.83. The summed E-state index contributed by atoms with van der Waals surface area (Å²) in [5.41, 5.74) is 1.09. The Morgan fingerprint density at radius 1 is 1.32 bits per heavy atom. The molecule has 1 atom stereocenters. The van der Waals surface area contributed by atoms with Crippen molar-refractivity contribution >= 4 is 23.2 Å². The van der Waals surface area contributed by atoms with Gasteiger partial charge in [0, 0.05) is 6.04 Å². The number of rotatable bonds is 4. The Labute approximate surface area is 126 Å². The lowest BCUT2D eigenvalue weighted by Crippen LogP contribution is -2.35. The Hall–Kier alpha value is -0.280. The van der Waals surface area contributed by atoms with Gasteiger partial charge in [0.25, 0.3) is 0 Å². The summed E-state index contributed by atoms with van der Waals surface area (Å²) in [6.07, 6.45) is 2.55. The lowest BCUT2D eigenvalue weighted by molar-refractivity contribution is 0.213. The lowest BCUT2D eigenvalue weighted by atomic mass is 9.96. The van der Waals surface area contributed by atoms with Gasteiger partial charge in [-0.1, -0.05) is 35.3 Å². The van der Waals surface area contributed by atoms with Crippen LogP contribution in [0.4, 0.5) is 0 Å².